The van der Waals surface area contributed by atoms with E-state index in [1.54, 1.807) is 12.3 Å². The van der Waals surface area contributed by atoms with E-state index in [0.29, 0.717) is 18.3 Å². The molecule has 0 spiro atoms. The van der Waals surface area contributed by atoms with Crippen LogP contribution in [-0.4, -0.2) is 34.8 Å². The molecule has 1 rings (SSSR count). The molecule has 100 valence electrons. The molecule has 1 aromatic heterocycles. The standard InChI is InChI=1S/C11H18N4O3/c1-8(2)5-13-10(16)7-18-11(17)6-15-4-3-9(12)14-15/h3-4,8H,5-7H2,1-2H3,(H2,12,14)(H,13,16). The van der Waals surface area contributed by atoms with Gasteiger partial charge in [-0.2, -0.15) is 5.10 Å². The van der Waals surface area contributed by atoms with Crippen molar-refractivity contribution >= 4 is 17.7 Å². The fourth-order valence-corrected chi connectivity index (χ4v) is 1.16. The number of nitrogens with two attached hydrogens (primary N) is 1. The van der Waals surface area contributed by atoms with Gasteiger partial charge < -0.3 is 15.8 Å². The average Bonchev–Trinajstić information content (AvgIpc) is 2.69. The van der Waals surface area contributed by atoms with Gasteiger partial charge in [0.2, 0.25) is 0 Å². The summed E-state index contributed by atoms with van der Waals surface area (Å²) >= 11 is 0. The summed E-state index contributed by atoms with van der Waals surface area (Å²) in [5, 5.41) is 6.48. The fourth-order valence-electron chi connectivity index (χ4n) is 1.16. The highest BCUT2D eigenvalue weighted by Crippen LogP contribution is 1.96. The molecule has 0 saturated carbocycles. The van der Waals surface area contributed by atoms with Crippen molar-refractivity contribution in [3.63, 3.8) is 0 Å². The van der Waals surface area contributed by atoms with Crippen LogP contribution in [0.4, 0.5) is 5.82 Å². The van der Waals surface area contributed by atoms with Gasteiger partial charge in [-0.15, -0.1) is 0 Å². The number of ether oxygens (including phenoxy) is 1. The Balaban J connectivity index is 2.22. The summed E-state index contributed by atoms with van der Waals surface area (Å²) in [6.07, 6.45) is 1.56. The number of carbonyl (C=O) groups is 2. The minimum atomic E-state index is -0.530. The summed E-state index contributed by atoms with van der Waals surface area (Å²) in [7, 11) is 0. The Labute approximate surface area is 105 Å². The van der Waals surface area contributed by atoms with Crippen molar-refractivity contribution in [3.8, 4) is 0 Å². The summed E-state index contributed by atoms with van der Waals surface area (Å²) in [5.74, 6) is -0.149. The molecule has 0 saturated heterocycles. The van der Waals surface area contributed by atoms with Crippen LogP contribution in [0.25, 0.3) is 0 Å². The fraction of sp³-hybridized carbons (Fsp3) is 0.545. The van der Waals surface area contributed by atoms with E-state index in [0.717, 1.165) is 0 Å². The third kappa shape index (κ3) is 5.33. The molecule has 0 aromatic carbocycles. The molecule has 1 amide bonds. The molecule has 0 aliphatic heterocycles. The van der Waals surface area contributed by atoms with Crippen LogP contribution >= 0.6 is 0 Å². The summed E-state index contributed by atoms with van der Waals surface area (Å²) in [5.41, 5.74) is 5.40. The summed E-state index contributed by atoms with van der Waals surface area (Å²) < 4.78 is 6.15. The quantitative estimate of drug-likeness (QED) is 0.684. The molecule has 0 unspecified atom stereocenters. The molecule has 1 heterocycles. The minimum absolute atomic E-state index is 0.0609. The first kappa shape index (κ1) is 14.0. The molecule has 1 aromatic rings. The van der Waals surface area contributed by atoms with Crippen molar-refractivity contribution in [2.24, 2.45) is 5.92 Å². The van der Waals surface area contributed by atoms with Gasteiger partial charge in [0.05, 0.1) is 0 Å². The van der Waals surface area contributed by atoms with Crippen LogP contribution in [0.5, 0.6) is 0 Å². The second-order valence-electron chi connectivity index (χ2n) is 4.30. The number of esters is 1. The molecular formula is C11H18N4O3. The molecule has 0 radical (unpaired) electrons. The maximum Gasteiger partial charge on any atom is 0.328 e. The van der Waals surface area contributed by atoms with Crippen molar-refractivity contribution < 1.29 is 14.3 Å². The predicted molar refractivity (Wildman–Crippen MR) is 65.4 cm³/mol. The van der Waals surface area contributed by atoms with Gasteiger partial charge in [0.15, 0.2) is 6.61 Å². The molecule has 7 heteroatoms. The van der Waals surface area contributed by atoms with Crippen LogP contribution in [0, 0.1) is 5.92 Å². The van der Waals surface area contributed by atoms with Crippen LogP contribution in [0.2, 0.25) is 0 Å². The third-order valence-electron chi connectivity index (χ3n) is 2.02. The van der Waals surface area contributed by atoms with Gasteiger partial charge in [0.1, 0.15) is 12.4 Å². The average molecular weight is 254 g/mol. The normalized spacial score (nSPS) is 10.4. The lowest BCUT2D eigenvalue weighted by molar-refractivity contribution is -0.149. The number of amides is 1. The Morgan fingerprint density at radius 1 is 1.56 bits per heavy atom. The molecule has 0 fully saturated rings. The molecule has 0 atom stereocenters. The molecule has 0 aliphatic rings. The molecule has 18 heavy (non-hydrogen) atoms. The highest BCUT2D eigenvalue weighted by atomic mass is 16.5. The number of carbonyl (C=O) groups excluding carboxylic acids is 2. The molecule has 3 N–H and O–H groups in total. The van der Waals surface area contributed by atoms with Crippen LogP contribution in [0.15, 0.2) is 12.3 Å². The van der Waals surface area contributed by atoms with Crippen LogP contribution in [-0.2, 0) is 20.9 Å². The van der Waals surface area contributed by atoms with Gasteiger partial charge in [0, 0.05) is 12.7 Å². The van der Waals surface area contributed by atoms with E-state index in [1.165, 1.54) is 4.68 Å². The first-order valence-electron chi connectivity index (χ1n) is 5.68. The smallest absolute Gasteiger partial charge is 0.328 e. The van der Waals surface area contributed by atoms with Crippen LogP contribution < -0.4 is 11.1 Å². The number of hydrogen-bond donors (Lipinski definition) is 2. The Kier molecular flexibility index (Phi) is 5.16. The lowest BCUT2D eigenvalue weighted by atomic mass is 10.2. The van der Waals surface area contributed by atoms with E-state index in [-0.39, 0.29) is 19.1 Å². The number of nitrogen functional groups attached to an aromatic ring is 1. The van der Waals surface area contributed by atoms with E-state index >= 15 is 0 Å². The molecular weight excluding hydrogens is 236 g/mol. The second-order valence-corrected chi connectivity index (χ2v) is 4.30. The van der Waals surface area contributed by atoms with E-state index < -0.39 is 5.97 Å². The van der Waals surface area contributed by atoms with E-state index in [1.807, 2.05) is 13.8 Å². The number of hydrogen-bond acceptors (Lipinski definition) is 5. The van der Waals surface area contributed by atoms with E-state index in [2.05, 4.69) is 10.4 Å². The van der Waals surface area contributed by atoms with Crippen molar-refractivity contribution in [3.05, 3.63) is 12.3 Å². The Morgan fingerprint density at radius 2 is 2.28 bits per heavy atom. The maximum atomic E-state index is 11.4. The Morgan fingerprint density at radius 3 is 2.83 bits per heavy atom. The molecule has 0 bridgehead atoms. The van der Waals surface area contributed by atoms with Gasteiger partial charge in [0.25, 0.3) is 5.91 Å². The van der Waals surface area contributed by atoms with Crippen LogP contribution in [0.1, 0.15) is 13.8 Å². The number of nitrogens with zero attached hydrogens (tertiary/aromatic N) is 2. The second kappa shape index (κ2) is 6.63. The zero-order chi connectivity index (χ0) is 13.5. The van der Waals surface area contributed by atoms with E-state index in [4.69, 9.17) is 10.5 Å². The van der Waals surface area contributed by atoms with Crippen molar-refractivity contribution in [1.29, 1.82) is 0 Å². The number of aromatic nitrogens is 2. The topological polar surface area (TPSA) is 99.2 Å². The van der Waals surface area contributed by atoms with Gasteiger partial charge in [-0.3, -0.25) is 14.3 Å². The molecule has 0 aliphatic carbocycles. The van der Waals surface area contributed by atoms with Crippen molar-refractivity contribution in [1.82, 2.24) is 15.1 Å². The van der Waals surface area contributed by atoms with Crippen molar-refractivity contribution in [2.45, 2.75) is 20.4 Å². The van der Waals surface area contributed by atoms with Gasteiger partial charge in [-0.05, 0) is 12.0 Å². The zero-order valence-corrected chi connectivity index (χ0v) is 10.5. The summed E-state index contributed by atoms with van der Waals surface area (Å²) in [4.78, 5) is 22.6. The van der Waals surface area contributed by atoms with E-state index in [9.17, 15) is 9.59 Å². The largest absolute Gasteiger partial charge is 0.454 e. The predicted octanol–water partition coefficient (Wildman–Crippen LogP) is -0.219. The summed E-state index contributed by atoms with van der Waals surface area (Å²) in [6.45, 7) is 4.19. The van der Waals surface area contributed by atoms with Crippen molar-refractivity contribution in [2.75, 3.05) is 18.9 Å². The summed E-state index contributed by atoms with van der Waals surface area (Å²) in [6, 6.07) is 1.57. The van der Waals surface area contributed by atoms with Gasteiger partial charge in [-0.25, -0.2) is 0 Å². The lowest BCUT2D eigenvalue weighted by Gasteiger charge is -2.08. The molecule has 7 nitrogen and oxygen atoms in total. The zero-order valence-electron chi connectivity index (χ0n) is 10.5. The Hall–Kier alpha value is -2.05. The monoisotopic (exact) mass is 254 g/mol. The third-order valence-corrected chi connectivity index (χ3v) is 2.02. The Bertz CT molecular complexity index is 414. The number of anilines is 1. The highest BCUT2D eigenvalue weighted by molar-refractivity contribution is 5.80. The highest BCUT2D eigenvalue weighted by Gasteiger charge is 2.09. The number of rotatable bonds is 6. The number of nitrogens with one attached hydrogen (secondary N) is 1. The lowest BCUT2D eigenvalue weighted by Crippen LogP contribution is -2.32. The first-order valence-corrected chi connectivity index (χ1v) is 5.68. The van der Waals surface area contributed by atoms with Crippen LogP contribution in [0.3, 0.4) is 0 Å². The first-order chi connectivity index (χ1) is 8.47. The minimum Gasteiger partial charge on any atom is -0.454 e. The van der Waals surface area contributed by atoms with Gasteiger partial charge >= 0.3 is 5.97 Å². The van der Waals surface area contributed by atoms with Gasteiger partial charge in [-0.1, -0.05) is 13.8 Å². The maximum absolute atomic E-state index is 11.4. The SMILES string of the molecule is CC(C)CNC(=O)COC(=O)Cn1ccc(N)n1.